The highest BCUT2D eigenvalue weighted by atomic mass is 79.9. The molecule has 2 rings (SSSR count). The Morgan fingerprint density at radius 2 is 1.90 bits per heavy atom. The molecule has 0 atom stereocenters. The second-order valence-electron chi connectivity index (χ2n) is 6.45. The highest BCUT2D eigenvalue weighted by Crippen LogP contribution is 2.27. The Morgan fingerprint density at radius 1 is 1.24 bits per heavy atom. The summed E-state index contributed by atoms with van der Waals surface area (Å²) in [6.07, 6.45) is 0. The number of nitrogens with zero attached hydrogens (tertiary/aromatic N) is 2. The van der Waals surface area contributed by atoms with Crippen molar-refractivity contribution in [2.24, 2.45) is 0 Å². The molecule has 21 heavy (non-hydrogen) atoms. The van der Waals surface area contributed by atoms with E-state index in [9.17, 15) is 5.11 Å². The first-order valence-corrected chi connectivity index (χ1v) is 8.30. The Kier molecular flexibility index (Phi) is 5.66. The minimum absolute atomic E-state index is 0.128. The fourth-order valence-corrected chi connectivity index (χ4v) is 3.14. The number of nitrogens with one attached hydrogen (secondary N) is 1. The molecule has 1 aromatic rings. The molecule has 1 aliphatic rings. The van der Waals surface area contributed by atoms with Gasteiger partial charge in [-0.3, -0.25) is 4.90 Å². The normalized spacial score (nSPS) is 18.1. The summed E-state index contributed by atoms with van der Waals surface area (Å²) in [5.74, 6) is 0.336. The van der Waals surface area contributed by atoms with Crippen LogP contribution in [0.5, 0.6) is 5.75 Å². The van der Waals surface area contributed by atoms with Crippen LogP contribution in [0.4, 0.5) is 0 Å². The number of hydrogen-bond donors (Lipinski definition) is 2. The summed E-state index contributed by atoms with van der Waals surface area (Å²) in [4.78, 5) is 4.92. The molecule has 1 fully saturated rings. The molecule has 0 radical (unpaired) electrons. The maximum absolute atomic E-state index is 10.0. The molecule has 2 N–H and O–H groups in total. The van der Waals surface area contributed by atoms with Gasteiger partial charge >= 0.3 is 0 Å². The van der Waals surface area contributed by atoms with Crippen LogP contribution in [0.1, 0.15) is 19.4 Å². The maximum Gasteiger partial charge on any atom is 0.134 e. The molecule has 0 spiro atoms. The minimum Gasteiger partial charge on any atom is -0.506 e. The highest BCUT2D eigenvalue weighted by molar-refractivity contribution is 9.10. The third-order valence-corrected chi connectivity index (χ3v) is 4.94. The number of halogens is 1. The van der Waals surface area contributed by atoms with Gasteiger partial charge in [-0.25, -0.2) is 0 Å². The minimum atomic E-state index is 0.128. The zero-order valence-corrected chi connectivity index (χ0v) is 14.8. The average Bonchev–Trinajstić information content (AvgIpc) is 2.44. The molecule has 4 nitrogen and oxygen atoms in total. The van der Waals surface area contributed by atoms with Crippen LogP contribution in [0.25, 0.3) is 0 Å². The number of phenols is 1. The Bertz CT molecular complexity index is 471. The van der Waals surface area contributed by atoms with Crippen molar-refractivity contribution >= 4 is 15.9 Å². The average molecular weight is 356 g/mol. The first-order chi connectivity index (χ1) is 9.90. The SMILES string of the molecule is CN1CCN(C(C)(C)CNCc2cccc(Br)c2O)CC1. The summed E-state index contributed by atoms with van der Waals surface area (Å²) in [6, 6.07) is 5.76. The lowest BCUT2D eigenvalue weighted by Gasteiger charge is -2.43. The van der Waals surface area contributed by atoms with Crippen LogP contribution in [0.15, 0.2) is 22.7 Å². The van der Waals surface area contributed by atoms with Gasteiger partial charge < -0.3 is 15.3 Å². The molecule has 0 bridgehead atoms. The quantitative estimate of drug-likeness (QED) is 0.849. The summed E-state index contributed by atoms with van der Waals surface area (Å²) < 4.78 is 0.750. The number of rotatable bonds is 5. The monoisotopic (exact) mass is 355 g/mol. The molecule has 0 unspecified atom stereocenters. The molecule has 0 aliphatic carbocycles. The number of phenolic OH excluding ortho intramolecular Hbond substituents is 1. The summed E-state index contributed by atoms with van der Waals surface area (Å²) in [7, 11) is 2.18. The molecule has 0 aromatic heterocycles. The van der Waals surface area contributed by atoms with E-state index in [-0.39, 0.29) is 5.54 Å². The largest absolute Gasteiger partial charge is 0.506 e. The van der Waals surface area contributed by atoms with Gasteiger partial charge in [0.25, 0.3) is 0 Å². The van der Waals surface area contributed by atoms with Gasteiger partial charge in [0.1, 0.15) is 5.75 Å². The second-order valence-corrected chi connectivity index (χ2v) is 7.31. The number of piperazine rings is 1. The second kappa shape index (κ2) is 7.09. The van der Waals surface area contributed by atoms with Crippen LogP contribution in [0.3, 0.4) is 0 Å². The van der Waals surface area contributed by atoms with Gasteiger partial charge in [-0.15, -0.1) is 0 Å². The molecule has 1 saturated heterocycles. The molecule has 5 heteroatoms. The summed E-state index contributed by atoms with van der Waals surface area (Å²) in [5.41, 5.74) is 1.06. The smallest absolute Gasteiger partial charge is 0.134 e. The predicted octanol–water partition coefficient (Wildman–Crippen LogP) is 2.27. The number of hydrogen-bond acceptors (Lipinski definition) is 4. The standard InChI is InChI=1S/C16H26BrN3O/c1-16(2,20-9-7-19(3)8-10-20)12-18-11-13-5-4-6-14(17)15(13)21/h4-6,18,21H,7-12H2,1-3H3. The van der Waals surface area contributed by atoms with Gasteiger partial charge in [0.05, 0.1) is 4.47 Å². The van der Waals surface area contributed by atoms with Crippen molar-refractivity contribution in [1.29, 1.82) is 0 Å². The number of benzene rings is 1. The lowest BCUT2D eigenvalue weighted by molar-refractivity contribution is 0.0617. The molecule has 1 heterocycles. The lowest BCUT2D eigenvalue weighted by atomic mass is 10.0. The van der Waals surface area contributed by atoms with Gasteiger partial charge in [0, 0.05) is 50.4 Å². The predicted molar refractivity (Wildman–Crippen MR) is 90.7 cm³/mol. The first-order valence-electron chi connectivity index (χ1n) is 7.51. The van der Waals surface area contributed by atoms with Crippen molar-refractivity contribution in [2.45, 2.75) is 25.9 Å². The number of aromatic hydroxyl groups is 1. The van der Waals surface area contributed by atoms with Crippen molar-refractivity contribution < 1.29 is 5.11 Å². The van der Waals surface area contributed by atoms with Crippen molar-refractivity contribution in [2.75, 3.05) is 39.8 Å². The summed E-state index contributed by atoms with van der Waals surface area (Å²) in [6.45, 7) is 10.7. The van der Waals surface area contributed by atoms with Crippen molar-refractivity contribution in [3.63, 3.8) is 0 Å². The summed E-state index contributed by atoms with van der Waals surface area (Å²) >= 11 is 3.35. The van der Waals surface area contributed by atoms with Crippen LogP contribution in [-0.4, -0.2) is 60.2 Å². The first kappa shape index (κ1) is 16.7. The van der Waals surface area contributed by atoms with Crippen molar-refractivity contribution in [3.8, 4) is 5.75 Å². The Balaban J connectivity index is 1.85. The van der Waals surface area contributed by atoms with E-state index >= 15 is 0 Å². The fourth-order valence-electron chi connectivity index (χ4n) is 2.73. The van der Waals surface area contributed by atoms with Crippen LogP contribution >= 0.6 is 15.9 Å². The zero-order valence-electron chi connectivity index (χ0n) is 13.2. The van der Waals surface area contributed by atoms with E-state index in [0.717, 1.165) is 42.8 Å². The van der Waals surface area contributed by atoms with Gasteiger partial charge in [0.2, 0.25) is 0 Å². The van der Waals surface area contributed by atoms with Crippen LogP contribution in [0, 0.1) is 0 Å². The van der Waals surface area contributed by atoms with E-state index in [0.29, 0.717) is 12.3 Å². The van der Waals surface area contributed by atoms with Gasteiger partial charge in [-0.05, 0) is 42.9 Å². The lowest BCUT2D eigenvalue weighted by Crippen LogP contribution is -2.57. The zero-order chi connectivity index (χ0) is 15.5. The van der Waals surface area contributed by atoms with E-state index in [1.54, 1.807) is 0 Å². The molecule has 118 valence electrons. The molecule has 0 amide bonds. The van der Waals surface area contributed by atoms with Crippen LogP contribution in [0.2, 0.25) is 0 Å². The van der Waals surface area contributed by atoms with E-state index in [1.165, 1.54) is 0 Å². The van der Waals surface area contributed by atoms with Crippen LogP contribution in [-0.2, 0) is 6.54 Å². The highest BCUT2D eigenvalue weighted by Gasteiger charge is 2.28. The Morgan fingerprint density at radius 3 is 2.57 bits per heavy atom. The van der Waals surface area contributed by atoms with Crippen molar-refractivity contribution in [1.82, 2.24) is 15.1 Å². The fraction of sp³-hybridized carbons (Fsp3) is 0.625. The number of para-hydroxylation sites is 1. The molecular weight excluding hydrogens is 330 g/mol. The van der Waals surface area contributed by atoms with Gasteiger partial charge in [-0.2, -0.15) is 0 Å². The molecular formula is C16H26BrN3O. The van der Waals surface area contributed by atoms with Crippen molar-refractivity contribution in [3.05, 3.63) is 28.2 Å². The Hall–Kier alpha value is -0.620. The maximum atomic E-state index is 10.0. The van der Waals surface area contributed by atoms with E-state index in [1.807, 2.05) is 18.2 Å². The van der Waals surface area contributed by atoms with Gasteiger partial charge in [0.15, 0.2) is 0 Å². The van der Waals surface area contributed by atoms with E-state index < -0.39 is 0 Å². The Labute approximate surface area is 136 Å². The van der Waals surface area contributed by atoms with Gasteiger partial charge in [-0.1, -0.05) is 12.1 Å². The van der Waals surface area contributed by atoms with E-state index in [2.05, 4.69) is 51.9 Å². The van der Waals surface area contributed by atoms with Crippen LogP contribution < -0.4 is 5.32 Å². The number of likely N-dealkylation sites (N-methyl/N-ethyl adjacent to an activating group) is 1. The molecule has 0 saturated carbocycles. The molecule has 1 aromatic carbocycles. The summed E-state index contributed by atoms with van der Waals surface area (Å²) in [5, 5.41) is 13.5. The third kappa shape index (κ3) is 4.42. The third-order valence-electron chi connectivity index (χ3n) is 4.30. The van der Waals surface area contributed by atoms with E-state index in [4.69, 9.17) is 0 Å². The molecule has 1 aliphatic heterocycles. The topological polar surface area (TPSA) is 38.7 Å².